The van der Waals surface area contributed by atoms with E-state index in [9.17, 15) is 19.8 Å². The number of phenols is 1. The minimum Gasteiger partial charge on any atom is -0.504 e. The van der Waals surface area contributed by atoms with E-state index in [1.165, 1.54) is 19.2 Å². The summed E-state index contributed by atoms with van der Waals surface area (Å²) in [6, 6.07) is 2.79. The first-order chi connectivity index (χ1) is 10.4. The largest absolute Gasteiger partial charge is 0.504 e. The average Bonchev–Trinajstić information content (AvgIpc) is 2.83. The first kappa shape index (κ1) is 14.3. The van der Waals surface area contributed by atoms with Crippen LogP contribution in [-0.2, 0) is 4.74 Å². The van der Waals surface area contributed by atoms with E-state index in [2.05, 4.69) is 6.58 Å². The predicted octanol–water partition coefficient (Wildman–Crippen LogP) is 1.37. The molecule has 6 nitrogen and oxygen atoms in total. The van der Waals surface area contributed by atoms with E-state index in [0.717, 1.165) is 0 Å². The number of carbonyl (C=O) groups excluding carboxylic acids is 2. The minimum atomic E-state index is -1.29. The van der Waals surface area contributed by atoms with E-state index in [1.54, 1.807) is 6.92 Å². The Labute approximate surface area is 126 Å². The number of aromatic hydroxyl groups is 1. The van der Waals surface area contributed by atoms with Gasteiger partial charge in [-0.05, 0) is 24.6 Å². The third-order valence-electron chi connectivity index (χ3n) is 3.84. The lowest BCUT2D eigenvalue weighted by Crippen LogP contribution is -2.28. The van der Waals surface area contributed by atoms with Crippen LogP contribution in [0.15, 0.2) is 35.6 Å². The quantitative estimate of drug-likeness (QED) is 0.802. The molecule has 0 unspecified atom stereocenters. The molecule has 114 valence electrons. The summed E-state index contributed by atoms with van der Waals surface area (Å²) in [4.78, 5) is 25.1. The fourth-order valence-corrected chi connectivity index (χ4v) is 2.74. The summed E-state index contributed by atoms with van der Waals surface area (Å²) >= 11 is 0. The minimum absolute atomic E-state index is 0.0246. The van der Waals surface area contributed by atoms with Crippen molar-refractivity contribution in [3.63, 3.8) is 0 Å². The van der Waals surface area contributed by atoms with E-state index < -0.39 is 29.5 Å². The zero-order valence-electron chi connectivity index (χ0n) is 12.0. The monoisotopic (exact) mass is 302 g/mol. The molecule has 0 bridgehead atoms. The molecule has 0 fully saturated rings. The van der Waals surface area contributed by atoms with Crippen molar-refractivity contribution < 1.29 is 29.3 Å². The summed E-state index contributed by atoms with van der Waals surface area (Å²) in [5.74, 6) is -1.71. The third kappa shape index (κ3) is 1.70. The normalized spacial score (nSPS) is 23.0. The molecule has 6 heteroatoms. The standard InChI is InChI=1S/C16H14O6/c1-6(2)15-14(20)10-13(19)9-7(11(17)16(10)22-15)4-5-8(21-3)12(9)18/h4-5,14-15,18,20H,1H2,2-3H3/t14-,15-/m1/s1. The summed E-state index contributed by atoms with van der Waals surface area (Å²) in [6.45, 7) is 5.32. The van der Waals surface area contributed by atoms with Gasteiger partial charge in [0.25, 0.3) is 0 Å². The number of fused-ring (bicyclic) bond motifs is 1. The summed E-state index contributed by atoms with van der Waals surface area (Å²) in [5.41, 5.74) is 0.201. The molecule has 1 aliphatic heterocycles. The van der Waals surface area contributed by atoms with Gasteiger partial charge < -0.3 is 19.7 Å². The van der Waals surface area contributed by atoms with Crippen molar-refractivity contribution in [1.82, 2.24) is 0 Å². The van der Waals surface area contributed by atoms with E-state index >= 15 is 0 Å². The summed E-state index contributed by atoms with van der Waals surface area (Å²) in [7, 11) is 1.34. The second kappa shape index (κ2) is 4.71. The maximum Gasteiger partial charge on any atom is 0.229 e. The van der Waals surface area contributed by atoms with E-state index in [-0.39, 0.29) is 28.2 Å². The Morgan fingerprint density at radius 1 is 1.32 bits per heavy atom. The lowest BCUT2D eigenvalue weighted by molar-refractivity contribution is 0.0644. The van der Waals surface area contributed by atoms with Crippen LogP contribution >= 0.6 is 0 Å². The number of aliphatic hydroxyl groups is 1. The van der Waals surface area contributed by atoms with Crippen LogP contribution < -0.4 is 4.74 Å². The highest BCUT2D eigenvalue weighted by Gasteiger charge is 2.47. The Kier molecular flexibility index (Phi) is 3.07. The summed E-state index contributed by atoms with van der Waals surface area (Å²) in [5, 5.41) is 20.4. The number of phenolic OH excluding ortho intramolecular Hbond substituents is 1. The Morgan fingerprint density at radius 2 is 2.00 bits per heavy atom. The van der Waals surface area contributed by atoms with Gasteiger partial charge in [-0.25, -0.2) is 0 Å². The highest BCUT2D eigenvalue weighted by Crippen LogP contribution is 2.43. The SMILES string of the molecule is C=C(C)[C@H]1OC2=C(C(=O)c3c(ccc(OC)c3O)C2=O)[C@H]1O. The van der Waals surface area contributed by atoms with Crippen molar-refractivity contribution in [2.45, 2.75) is 19.1 Å². The van der Waals surface area contributed by atoms with Gasteiger partial charge in [-0.15, -0.1) is 0 Å². The number of ether oxygens (including phenoxy) is 2. The molecule has 0 aromatic heterocycles. The topological polar surface area (TPSA) is 93.1 Å². The lowest BCUT2D eigenvalue weighted by atomic mass is 9.85. The zero-order valence-corrected chi connectivity index (χ0v) is 12.0. The van der Waals surface area contributed by atoms with Crippen LogP contribution in [0, 0.1) is 0 Å². The van der Waals surface area contributed by atoms with Gasteiger partial charge in [0.15, 0.2) is 23.0 Å². The van der Waals surface area contributed by atoms with Crippen molar-refractivity contribution in [2.75, 3.05) is 7.11 Å². The predicted molar refractivity (Wildman–Crippen MR) is 76.0 cm³/mol. The number of Topliss-reactive ketones (excluding diaryl/α,β-unsaturated/α-hetero) is 2. The molecule has 1 aromatic rings. The number of aliphatic hydroxyl groups excluding tert-OH is 1. The van der Waals surface area contributed by atoms with Gasteiger partial charge >= 0.3 is 0 Å². The van der Waals surface area contributed by atoms with Gasteiger partial charge in [0.2, 0.25) is 5.78 Å². The molecule has 0 saturated carbocycles. The molecule has 3 rings (SSSR count). The fourth-order valence-electron chi connectivity index (χ4n) is 2.74. The smallest absolute Gasteiger partial charge is 0.229 e. The highest BCUT2D eigenvalue weighted by molar-refractivity contribution is 6.28. The number of hydrogen-bond donors (Lipinski definition) is 2. The molecular weight excluding hydrogens is 288 g/mol. The van der Waals surface area contributed by atoms with Gasteiger partial charge in [0.1, 0.15) is 12.2 Å². The maximum atomic E-state index is 12.6. The summed E-state index contributed by atoms with van der Waals surface area (Å²) in [6.07, 6.45) is -2.14. The number of rotatable bonds is 2. The Balaban J connectivity index is 2.18. The van der Waals surface area contributed by atoms with Gasteiger partial charge in [-0.1, -0.05) is 6.58 Å². The third-order valence-corrected chi connectivity index (χ3v) is 3.84. The number of benzene rings is 1. The van der Waals surface area contributed by atoms with Crippen LogP contribution in [0.3, 0.4) is 0 Å². The number of methoxy groups -OCH3 is 1. The highest BCUT2D eigenvalue weighted by atomic mass is 16.5. The Morgan fingerprint density at radius 3 is 2.59 bits per heavy atom. The van der Waals surface area contributed by atoms with Crippen LogP contribution in [0.4, 0.5) is 0 Å². The van der Waals surface area contributed by atoms with Crippen LogP contribution in [-0.4, -0.2) is 41.1 Å². The molecule has 1 aromatic carbocycles. The molecule has 0 amide bonds. The number of allylic oxidation sites excluding steroid dienone is 1. The van der Waals surface area contributed by atoms with Crippen LogP contribution in [0.25, 0.3) is 0 Å². The van der Waals surface area contributed by atoms with Crippen molar-refractivity contribution in [3.05, 3.63) is 46.7 Å². The summed E-state index contributed by atoms with van der Waals surface area (Å²) < 4.78 is 10.4. The molecule has 0 saturated heterocycles. The van der Waals surface area contributed by atoms with E-state index in [0.29, 0.717) is 5.57 Å². The molecule has 2 atom stereocenters. The first-order valence-corrected chi connectivity index (χ1v) is 6.62. The molecule has 22 heavy (non-hydrogen) atoms. The van der Waals surface area contributed by atoms with Gasteiger partial charge in [0.05, 0.1) is 18.2 Å². The van der Waals surface area contributed by atoms with E-state index in [4.69, 9.17) is 9.47 Å². The molecule has 1 aliphatic carbocycles. The van der Waals surface area contributed by atoms with Crippen molar-refractivity contribution in [3.8, 4) is 11.5 Å². The molecule has 0 radical (unpaired) electrons. The fraction of sp³-hybridized carbons (Fsp3) is 0.250. The Hall–Kier alpha value is -2.60. The number of carbonyl (C=O) groups is 2. The molecule has 2 N–H and O–H groups in total. The zero-order chi connectivity index (χ0) is 16.2. The van der Waals surface area contributed by atoms with Crippen molar-refractivity contribution >= 4 is 11.6 Å². The number of ketones is 2. The first-order valence-electron chi connectivity index (χ1n) is 6.62. The number of hydrogen-bond acceptors (Lipinski definition) is 6. The molecule has 1 heterocycles. The molecular formula is C16H14O6. The molecule has 0 spiro atoms. The van der Waals surface area contributed by atoms with Crippen molar-refractivity contribution in [2.24, 2.45) is 0 Å². The van der Waals surface area contributed by atoms with Crippen LogP contribution in [0.1, 0.15) is 27.6 Å². The van der Waals surface area contributed by atoms with Crippen LogP contribution in [0.5, 0.6) is 11.5 Å². The second-order valence-corrected chi connectivity index (χ2v) is 5.27. The Bertz CT molecular complexity index is 758. The van der Waals surface area contributed by atoms with Gasteiger partial charge in [0, 0.05) is 5.56 Å². The molecule has 2 aliphatic rings. The second-order valence-electron chi connectivity index (χ2n) is 5.27. The lowest BCUT2D eigenvalue weighted by Gasteiger charge is -2.18. The maximum absolute atomic E-state index is 12.6. The van der Waals surface area contributed by atoms with Crippen LogP contribution in [0.2, 0.25) is 0 Å². The van der Waals surface area contributed by atoms with Crippen molar-refractivity contribution in [1.29, 1.82) is 0 Å². The van der Waals surface area contributed by atoms with E-state index in [1.807, 2.05) is 0 Å². The van der Waals surface area contributed by atoms with Gasteiger partial charge in [-0.3, -0.25) is 9.59 Å². The average molecular weight is 302 g/mol. The van der Waals surface area contributed by atoms with Gasteiger partial charge in [-0.2, -0.15) is 0 Å².